The fraction of sp³-hybridized carbons (Fsp3) is 0.381. The van der Waals surface area contributed by atoms with Crippen molar-refractivity contribution in [1.82, 2.24) is 0 Å². The predicted octanol–water partition coefficient (Wildman–Crippen LogP) is 29.9. The number of nitrogen functional groups attached to an aromatic ring is 1. The van der Waals surface area contributed by atoms with Crippen LogP contribution in [-0.2, 0) is 32.5 Å². The summed E-state index contributed by atoms with van der Waals surface area (Å²) in [7, 11) is 0. The van der Waals surface area contributed by atoms with Gasteiger partial charge in [0.1, 0.15) is 22.3 Å². The number of anilines is 8. The molecule has 0 saturated heterocycles. The zero-order chi connectivity index (χ0) is 76.3. The first-order chi connectivity index (χ1) is 49.7. The number of fused-ring (bicyclic) bond motifs is 12. The molecule has 2 aromatic heterocycles. The van der Waals surface area contributed by atoms with E-state index in [1.54, 1.807) is 0 Å². The van der Waals surface area contributed by atoms with Gasteiger partial charge in [0.15, 0.2) is 0 Å². The SMILES string of the molecule is Brc1cccc2oc3ccccc3c12.Cc1cc(C(C)(C)C)cc(C)c1N.Cc1cc(C(C)(C)C)cc(C)c1N(c1cc(Cl)cc(N2c3ccc(C(C)(C)C)cc3C3(C)CCCCC23C)c1)c1cccc2oc3ccccc3c12.Cc1cc(Cl)cc(N2c3ccc(C(C)(C)C)cc3C3(C)CCCCC23C)c1. The number of aryl methyl sites for hydroxylation is 5. The summed E-state index contributed by atoms with van der Waals surface area (Å²) in [4.78, 5) is 7.70. The van der Waals surface area contributed by atoms with Crippen molar-refractivity contribution in [3.05, 3.63) is 258 Å². The van der Waals surface area contributed by atoms with E-state index in [1.165, 1.54) is 129 Å². The highest BCUT2D eigenvalue weighted by Gasteiger charge is 2.59. The molecule has 4 aliphatic rings. The highest BCUT2D eigenvalue weighted by molar-refractivity contribution is 9.10. The smallest absolute Gasteiger partial charge is 0.137 e. The fourth-order valence-corrected chi connectivity index (χ4v) is 19.2. The van der Waals surface area contributed by atoms with Gasteiger partial charge in [0.25, 0.3) is 0 Å². The third kappa shape index (κ3) is 13.7. The van der Waals surface area contributed by atoms with Gasteiger partial charge in [0, 0.05) is 75.6 Å². The maximum atomic E-state index is 7.30. The second kappa shape index (κ2) is 27.9. The summed E-state index contributed by atoms with van der Waals surface area (Å²) >= 11 is 17.3. The summed E-state index contributed by atoms with van der Waals surface area (Å²) in [6.07, 6.45) is 9.84. The molecule has 10 aromatic carbocycles. The van der Waals surface area contributed by atoms with Gasteiger partial charge in [-0.3, -0.25) is 0 Å². The summed E-state index contributed by atoms with van der Waals surface area (Å²) < 4.78 is 13.2. The summed E-state index contributed by atoms with van der Waals surface area (Å²) in [6, 6.07) is 65.6. The minimum Gasteiger partial charge on any atom is -0.456 e. The molecule has 2 N–H and O–H groups in total. The normalized spacial score (nSPS) is 19.9. The Morgan fingerprint density at radius 3 is 1.29 bits per heavy atom. The van der Waals surface area contributed by atoms with E-state index in [0.717, 1.165) is 87.6 Å². The first kappa shape index (κ1) is 76.3. The molecule has 2 aliphatic heterocycles. The third-order valence-corrected chi connectivity index (χ3v) is 25.7. The van der Waals surface area contributed by atoms with Gasteiger partial charge in [0.2, 0.25) is 0 Å². The molecule has 2 aliphatic carbocycles. The molecule has 16 rings (SSSR count). The Labute approximate surface area is 651 Å². The van der Waals surface area contributed by atoms with Crippen molar-refractivity contribution >= 4 is 129 Å². The number of halogens is 3. The monoisotopic (exact) mass is 1510 g/mol. The Balaban J connectivity index is 0.000000151. The van der Waals surface area contributed by atoms with Crippen molar-refractivity contribution in [1.29, 1.82) is 0 Å². The largest absolute Gasteiger partial charge is 0.456 e. The number of para-hydroxylation sites is 2. The van der Waals surface area contributed by atoms with Crippen LogP contribution in [-0.4, -0.2) is 11.1 Å². The van der Waals surface area contributed by atoms with Crippen LogP contribution in [0.3, 0.4) is 0 Å². The van der Waals surface area contributed by atoms with Crippen LogP contribution in [0.2, 0.25) is 10.0 Å². The van der Waals surface area contributed by atoms with Crippen LogP contribution >= 0.6 is 39.1 Å². The lowest BCUT2D eigenvalue weighted by atomic mass is 9.61. The molecule has 9 heteroatoms. The van der Waals surface area contributed by atoms with Crippen LogP contribution in [0.1, 0.15) is 223 Å². The first-order valence-electron chi connectivity index (χ1n) is 38.5. The summed E-state index contributed by atoms with van der Waals surface area (Å²) in [5.74, 6) is 0. The average molecular weight is 1520 g/mol. The van der Waals surface area contributed by atoms with Gasteiger partial charge in [-0.1, -0.05) is 259 Å². The van der Waals surface area contributed by atoms with E-state index in [0.29, 0.717) is 0 Å². The van der Waals surface area contributed by atoms with Crippen molar-refractivity contribution in [2.75, 3.05) is 20.4 Å². The lowest BCUT2D eigenvalue weighted by Gasteiger charge is -2.50. The van der Waals surface area contributed by atoms with Crippen LogP contribution in [0, 0.1) is 34.6 Å². The average Bonchev–Trinajstić information content (AvgIpc) is 1.54. The summed E-state index contributed by atoms with van der Waals surface area (Å²) in [5.41, 5.74) is 34.0. The highest BCUT2D eigenvalue weighted by atomic mass is 79.9. The number of nitrogens with zero attached hydrogens (tertiary/aromatic N) is 3. The van der Waals surface area contributed by atoms with Gasteiger partial charge in [-0.15, -0.1) is 0 Å². The van der Waals surface area contributed by atoms with Crippen molar-refractivity contribution in [2.45, 2.75) is 240 Å². The maximum Gasteiger partial charge on any atom is 0.137 e. The van der Waals surface area contributed by atoms with E-state index in [2.05, 4.69) is 309 Å². The second-order valence-corrected chi connectivity index (χ2v) is 37.9. The molecule has 2 fully saturated rings. The molecule has 552 valence electrons. The van der Waals surface area contributed by atoms with E-state index >= 15 is 0 Å². The van der Waals surface area contributed by atoms with Crippen LogP contribution in [0.15, 0.2) is 195 Å². The Bertz CT molecular complexity index is 5290. The van der Waals surface area contributed by atoms with Gasteiger partial charge in [0.05, 0.1) is 27.8 Å². The standard InChI is InChI=1S/C48H53ClN2O.C25H32ClN.C12H7BrO.C12H19N/c1-30-24-33(46(6,7)8)25-31(2)44(30)50(40-17-15-19-42-43(40)37-16-11-12-18-41(37)52-42)35-27-34(49)28-36(29-35)51-39-21-20-32(45(3,4)5)26-38(39)47(9)22-13-14-23-48(47,51)10;1-17-13-19(26)16-20(14-17)27-22-10-9-18(23(2,3)4)15-21(22)24(5)11-7-8-12-25(24,27)6;13-9-5-3-7-11-12(9)8-4-1-2-6-10(8)14-11;1-8-6-10(12(3,4)5)7-9(2)11(8)13/h11-12,15-21,24-29H,13-14,22-23H2,1-10H3;9-10,13-16H,7-8,11-12H2,1-6H3;1-7H;6-7H,13H2,1-5H3. The Hall–Kier alpha value is -7.94. The van der Waals surface area contributed by atoms with E-state index in [4.69, 9.17) is 37.8 Å². The molecular weight excluding hydrogens is 1400 g/mol. The van der Waals surface area contributed by atoms with Crippen molar-refractivity contribution in [3.8, 4) is 0 Å². The van der Waals surface area contributed by atoms with Crippen LogP contribution in [0.25, 0.3) is 43.9 Å². The van der Waals surface area contributed by atoms with Crippen LogP contribution in [0.5, 0.6) is 0 Å². The van der Waals surface area contributed by atoms with Gasteiger partial charge < -0.3 is 29.3 Å². The minimum absolute atomic E-state index is 0.0152. The third-order valence-electron chi connectivity index (χ3n) is 24.6. The lowest BCUT2D eigenvalue weighted by molar-refractivity contribution is 0.194. The minimum atomic E-state index is -0.0994. The summed E-state index contributed by atoms with van der Waals surface area (Å²) in [6.45, 7) is 48.2. The van der Waals surface area contributed by atoms with Gasteiger partial charge in [-0.05, 0) is 242 Å². The van der Waals surface area contributed by atoms with Gasteiger partial charge >= 0.3 is 0 Å². The van der Waals surface area contributed by atoms with E-state index in [1.807, 2.05) is 48.5 Å². The molecule has 106 heavy (non-hydrogen) atoms. The number of hydrogen-bond donors (Lipinski definition) is 1. The zero-order valence-corrected chi connectivity index (χ0v) is 69.9. The van der Waals surface area contributed by atoms with Crippen LogP contribution < -0.4 is 20.4 Å². The topological polar surface area (TPSA) is 62.0 Å². The first-order valence-corrected chi connectivity index (χ1v) is 40.0. The summed E-state index contributed by atoms with van der Waals surface area (Å²) in [5, 5.41) is 6.08. The zero-order valence-electron chi connectivity index (χ0n) is 66.8. The molecule has 4 unspecified atom stereocenters. The molecular formula is C97H111BrCl2N4O2. The fourth-order valence-electron chi connectivity index (χ4n) is 18.1. The van der Waals surface area contributed by atoms with Crippen molar-refractivity contribution in [3.63, 3.8) is 0 Å². The maximum absolute atomic E-state index is 7.30. The number of furan rings is 2. The molecule has 4 atom stereocenters. The molecule has 0 amide bonds. The molecule has 0 spiro atoms. The number of hydrogen-bond acceptors (Lipinski definition) is 6. The number of nitrogens with two attached hydrogens (primary N) is 1. The van der Waals surface area contributed by atoms with E-state index in [9.17, 15) is 0 Å². The van der Waals surface area contributed by atoms with Gasteiger partial charge in [-0.25, -0.2) is 0 Å². The van der Waals surface area contributed by atoms with Gasteiger partial charge in [-0.2, -0.15) is 0 Å². The number of rotatable bonds is 5. The predicted molar refractivity (Wildman–Crippen MR) is 461 cm³/mol. The molecule has 4 heterocycles. The molecule has 6 nitrogen and oxygen atoms in total. The Morgan fingerprint density at radius 2 is 0.821 bits per heavy atom. The quantitative estimate of drug-likeness (QED) is 0.173. The Morgan fingerprint density at radius 1 is 0.415 bits per heavy atom. The highest BCUT2D eigenvalue weighted by Crippen LogP contribution is 2.64. The molecule has 0 radical (unpaired) electrons. The van der Waals surface area contributed by atoms with Crippen LogP contribution in [0.4, 0.5) is 45.5 Å². The van der Waals surface area contributed by atoms with E-state index in [-0.39, 0.29) is 43.6 Å². The lowest BCUT2D eigenvalue weighted by Crippen LogP contribution is -2.54. The molecule has 2 saturated carbocycles. The van der Waals surface area contributed by atoms with E-state index < -0.39 is 0 Å². The van der Waals surface area contributed by atoms with Crippen molar-refractivity contribution in [2.24, 2.45) is 0 Å². The molecule has 12 aromatic rings. The number of benzene rings is 10. The Kier molecular flexibility index (Phi) is 20.1. The van der Waals surface area contributed by atoms with Crippen molar-refractivity contribution < 1.29 is 8.83 Å². The molecule has 0 bridgehead atoms. The second-order valence-electron chi connectivity index (χ2n) is 36.2.